The molecule has 0 aliphatic carbocycles. The number of nitrogen functional groups attached to an aromatic ring is 1. The quantitative estimate of drug-likeness (QED) is 0.242. The van der Waals surface area contributed by atoms with Crippen molar-refractivity contribution in [3.8, 4) is 23.2 Å². The van der Waals surface area contributed by atoms with Crippen LogP contribution in [-0.2, 0) is 11.8 Å². The molecule has 12 nitrogen and oxygen atoms in total. The van der Waals surface area contributed by atoms with Gasteiger partial charge in [0.15, 0.2) is 5.82 Å². The lowest BCUT2D eigenvalue weighted by Gasteiger charge is -2.53. The van der Waals surface area contributed by atoms with Crippen LogP contribution in [0.3, 0.4) is 0 Å². The summed E-state index contributed by atoms with van der Waals surface area (Å²) < 4.78 is 60.9. The lowest BCUT2D eigenvalue weighted by atomic mass is 9.91. The minimum Gasteiger partial charge on any atom is -0.461 e. The van der Waals surface area contributed by atoms with E-state index in [9.17, 15) is 18.8 Å². The van der Waals surface area contributed by atoms with Crippen LogP contribution in [0.25, 0.3) is 32.1 Å². The first-order valence-electron chi connectivity index (χ1n) is 17.3. The number of halogens is 4. The highest BCUT2D eigenvalue weighted by molar-refractivity contribution is 7.23. The highest BCUT2D eigenvalue weighted by atomic mass is 35.5. The molecule has 0 radical (unpaired) electrons. The first-order chi connectivity index (χ1) is 25.5. The largest absolute Gasteiger partial charge is 0.461 e. The molecular formula is C36H33ClF3N9O3S. The van der Waals surface area contributed by atoms with Crippen molar-refractivity contribution in [1.29, 1.82) is 5.26 Å². The van der Waals surface area contributed by atoms with Crippen molar-refractivity contribution in [2.75, 3.05) is 63.1 Å². The number of aromatic nitrogens is 4. The third-order valence-electron chi connectivity index (χ3n) is 11.1. The molecule has 53 heavy (non-hydrogen) atoms. The molecule has 1 amide bonds. The van der Waals surface area contributed by atoms with E-state index in [-0.39, 0.29) is 60.8 Å². The van der Waals surface area contributed by atoms with Gasteiger partial charge in [-0.1, -0.05) is 17.7 Å². The fourth-order valence-corrected chi connectivity index (χ4v) is 9.87. The first kappa shape index (κ1) is 34.1. The summed E-state index contributed by atoms with van der Waals surface area (Å²) in [6.07, 6.45) is 2.60. The van der Waals surface area contributed by atoms with Crippen LogP contribution in [0.4, 0.5) is 24.0 Å². The molecule has 4 fully saturated rings. The lowest BCUT2D eigenvalue weighted by molar-refractivity contribution is -0.135. The van der Waals surface area contributed by atoms with Crippen molar-refractivity contribution in [2.24, 2.45) is 7.05 Å². The Bertz CT molecular complexity index is 2380. The number of nitrogens with two attached hydrogens (primary N) is 1. The molecule has 1 spiro atoms. The van der Waals surface area contributed by atoms with Gasteiger partial charge in [0, 0.05) is 49.1 Å². The molecule has 2 atom stereocenters. The summed E-state index contributed by atoms with van der Waals surface area (Å²) in [5.74, 6) is -1.22. The Hall–Kier alpha value is -4.69. The zero-order chi connectivity index (χ0) is 36.8. The number of rotatable bonds is 6. The van der Waals surface area contributed by atoms with Gasteiger partial charge in [-0.25, -0.2) is 13.2 Å². The number of benzene rings is 2. The smallest absolute Gasteiger partial charge is 0.319 e. The third-order valence-corrected chi connectivity index (χ3v) is 12.4. The summed E-state index contributed by atoms with van der Waals surface area (Å²) in [7, 11) is 1.71. The van der Waals surface area contributed by atoms with Crippen LogP contribution < -0.4 is 15.4 Å². The summed E-state index contributed by atoms with van der Waals surface area (Å²) >= 11 is 7.80. The third kappa shape index (κ3) is 5.38. The maximum absolute atomic E-state index is 17.2. The normalized spacial score (nSPS) is 22.5. The summed E-state index contributed by atoms with van der Waals surface area (Å²) in [4.78, 5) is 28.3. The Kier molecular flexibility index (Phi) is 8.00. The number of carbonyl (C=O) groups is 1. The van der Waals surface area contributed by atoms with Gasteiger partial charge in [-0.3, -0.25) is 14.4 Å². The molecule has 4 aliphatic rings. The Labute approximate surface area is 310 Å². The Morgan fingerprint density at radius 1 is 1.23 bits per heavy atom. The zero-order valence-electron chi connectivity index (χ0n) is 28.5. The van der Waals surface area contributed by atoms with Crippen molar-refractivity contribution in [1.82, 2.24) is 29.5 Å². The van der Waals surface area contributed by atoms with E-state index in [1.807, 2.05) is 11.0 Å². The number of alkyl halides is 1. The summed E-state index contributed by atoms with van der Waals surface area (Å²) in [6, 6.07) is 7.73. The van der Waals surface area contributed by atoms with Crippen molar-refractivity contribution < 1.29 is 27.4 Å². The molecule has 4 aliphatic heterocycles. The number of thiophene rings is 1. The number of nitrogens with zero attached hydrogens (tertiary/aromatic N) is 8. The van der Waals surface area contributed by atoms with Gasteiger partial charge in [0.25, 0.3) is 5.91 Å². The summed E-state index contributed by atoms with van der Waals surface area (Å²) in [5.41, 5.74) is 5.39. The van der Waals surface area contributed by atoms with Gasteiger partial charge in [0.05, 0.1) is 47.1 Å². The van der Waals surface area contributed by atoms with Crippen LogP contribution in [-0.4, -0.2) is 105 Å². The molecule has 2 aromatic carbocycles. The van der Waals surface area contributed by atoms with Crippen molar-refractivity contribution >= 4 is 60.7 Å². The van der Waals surface area contributed by atoms with E-state index in [4.69, 9.17) is 31.8 Å². The number of morpholine rings is 1. The highest BCUT2D eigenvalue weighted by Gasteiger charge is 2.51. The number of carbonyl (C=O) groups excluding carboxylic acids is 1. The van der Waals surface area contributed by atoms with Crippen LogP contribution in [0.15, 0.2) is 30.5 Å². The predicted octanol–water partition coefficient (Wildman–Crippen LogP) is 5.32. The van der Waals surface area contributed by atoms with Gasteiger partial charge in [0.1, 0.15) is 52.3 Å². The van der Waals surface area contributed by atoms with Crippen LogP contribution in [0.2, 0.25) is 5.02 Å². The van der Waals surface area contributed by atoms with Crippen molar-refractivity contribution in [3.05, 3.63) is 58.4 Å². The Balaban J connectivity index is 1.13. The van der Waals surface area contributed by atoms with Gasteiger partial charge in [-0.05, 0) is 43.1 Å². The second-order valence-electron chi connectivity index (χ2n) is 14.3. The SMILES string of the molecule is Cn1nccc1C(=O)N1CC2(C1)CN(c1nc(OC[C@@]34CCCN3C[C@H](F)C4)nc3c(F)c(-c4ccc(F)c5sc(N)c(C#N)c45)c(Cl)cc13)CCO2. The maximum atomic E-state index is 17.2. The molecule has 0 bridgehead atoms. The number of hydrogen-bond acceptors (Lipinski definition) is 11. The van der Waals surface area contributed by atoms with E-state index in [0.717, 1.165) is 30.7 Å². The second kappa shape index (κ2) is 12.4. The van der Waals surface area contributed by atoms with Crippen molar-refractivity contribution in [3.63, 3.8) is 0 Å². The molecular weight excluding hydrogens is 731 g/mol. The standard InChI is InChI=1S/C36H33ClF3N9O3S/c1-46-25(5-7-43-46)33(50)48-16-36(17-48)15-47(9-10-52-36)32-21-11-23(37)27(20-3-4-24(39)30-26(20)22(13-41)31(42)53-30)28(40)29(21)44-34(45-32)51-18-35-6-2-8-49(35)14-19(38)12-35/h3-5,7,11,19H,2,6,8-10,12,14-18,42H2,1H3/t19-,35+/m1/s1. The number of ether oxygens (including phenoxy) is 2. The molecule has 7 heterocycles. The molecule has 4 saturated heterocycles. The Morgan fingerprint density at radius 3 is 2.83 bits per heavy atom. The van der Waals surface area contributed by atoms with Gasteiger partial charge < -0.3 is 25.0 Å². The van der Waals surface area contributed by atoms with E-state index in [2.05, 4.69) is 15.0 Å². The number of fused-ring (bicyclic) bond motifs is 3. The molecule has 3 aromatic heterocycles. The fourth-order valence-electron chi connectivity index (χ4n) is 8.62. The number of amides is 1. The number of likely N-dealkylation sites (tertiary alicyclic amines) is 1. The van der Waals surface area contributed by atoms with E-state index in [1.165, 1.54) is 16.8 Å². The van der Waals surface area contributed by atoms with E-state index in [0.29, 0.717) is 62.6 Å². The van der Waals surface area contributed by atoms with E-state index >= 15 is 4.39 Å². The summed E-state index contributed by atoms with van der Waals surface area (Å²) in [6.45, 7) is 2.91. The molecule has 9 rings (SSSR count). The molecule has 17 heteroatoms. The van der Waals surface area contributed by atoms with E-state index in [1.54, 1.807) is 30.3 Å². The summed E-state index contributed by atoms with van der Waals surface area (Å²) in [5, 5.41) is 14.6. The van der Waals surface area contributed by atoms with Gasteiger partial charge in [-0.15, -0.1) is 11.3 Å². The van der Waals surface area contributed by atoms with Crippen LogP contribution in [0, 0.1) is 23.0 Å². The second-order valence-corrected chi connectivity index (χ2v) is 15.8. The van der Waals surface area contributed by atoms with E-state index < -0.39 is 28.9 Å². The average Bonchev–Trinajstić information content (AvgIpc) is 3.89. The van der Waals surface area contributed by atoms with Gasteiger partial charge >= 0.3 is 6.01 Å². The number of hydrogen-bond donors (Lipinski definition) is 1. The number of aryl methyl sites for hydroxylation is 1. The number of anilines is 2. The molecule has 5 aromatic rings. The molecule has 0 saturated carbocycles. The minimum absolute atomic E-state index is 0.00455. The van der Waals surface area contributed by atoms with Gasteiger partial charge in [-0.2, -0.15) is 20.3 Å². The molecule has 2 N–H and O–H groups in total. The monoisotopic (exact) mass is 763 g/mol. The van der Waals surface area contributed by atoms with Crippen LogP contribution >= 0.6 is 22.9 Å². The highest BCUT2D eigenvalue weighted by Crippen LogP contribution is 2.46. The van der Waals surface area contributed by atoms with Crippen LogP contribution in [0.5, 0.6) is 6.01 Å². The zero-order valence-corrected chi connectivity index (χ0v) is 30.1. The minimum atomic E-state index is -0.970. The first-order valence-corrected chi connectivity index (χ1v) is 18.5. The lowest BCUT2D eigenvalue weighted by Crippen LogP contribution is -2.71. The molecule has 0 unspecified atom stereocenters. The average molecular weight is 764 g/mol. The van der Waals surface area contributed by atoms with Crippen LogP contribution in [0.1, 0.15) is 35.3 Å². The maximum Gasteiger partial charge on any atom is 0.319 e. The molecule has 274 valence electrons. The predicted molar refractivity (Wildman–Crippen MR) is 193 cm³/mol. The Morgan fingerprint density at radius 2 is 2.06 bits per heavy atom. The number of nitriles is 1. The van der Waals surface area contributed by atoms with Gasteiger partial charge in [0.2, 0.25) is 0 Å². The fraction of sp³-hybridized carbons (Fsp3) is 0.417. The van der Waals surface area contributed by atoms with Crippen molar-refractivity contribution in [2.45, 2.75) is 36.6 Å². The topological polar surface area (TPSA) is 139 Å².